The predicted octanol–water partition coefficient (Wildman–Crippen LogP) is -0.0603. The summed E-state index contributed by atoms with van der Waals surface area (Å²) in [6, 6.07) is 0. The largest absolute Gasteiger partial charge is 0.394 e. The second kappa shape index (κ2) is 5.02. The summed E-state index contributed by atoms with van der Waals surface area (Å²) < 4.78 is 5.49. The van der Waals surface area contributed by atoms with Gasteiger partial charge in [-0.2, -0.15) is 0 Å². The number of H-pyrrole nitrogens is 1. The summed E-state index contributed by atoms with van der Waals surface area (Å²) in [5.74, 6) is 4.90. The first-order valence-electron chi connectivity index (χ1n) is 5.21. The lowest BCUT2D eigenvalue weighted by Crippen LogP contribution is -2.18. The Bertz CT molecular complexity index is 472. The number of nitrogens with zero attached hydrogens (tertiary/aromatic N) is 3. The zero-order valence-electron chi connectivity index (χ0n) is 9.04. The van der Waals surface area contributed by atoms with Crippen LogP contribution < -0.4 is 11.4 Å². The molecule has 0 radical (unpaired) electrons. The van der Waals surface area contributed by atoms with Crippen LogP contribution in [-0.2, 0) is 4.74 Å². The van der Waals surface area contributed by atoms with Gasteiger partial charge in [0.25, 0.3) is 11.5 Å². The van der Waals surface area contributed by atoms with Crippen molar-refractivity contribution in [1.29, 1.82) is 0 Å². The minimum Gasteiger partial charge on any atom is -0.394 e. The number of aromatic amines is 1. The van der Waals surface area contributed by atoms with Crippen LogP contribution in [0.25, 0.3) is 0 Å². The van der Waals surface area contributed by atoms with Gasteiger partial charge in [0.05, 0.1) is 24.4 Å². The number of hydrogen-bond acceptors (Lipinski definition) is 6. The zero-order chi connectivity index (χ0) is 12.3. The Morgan fingerprint density at radius 2 is 2.47 bits per heavy atom. The van der Waals surface area contributed by atoms with E-state index in [1.807, 2.05) is 0 Å². The van der Waals surface area contributed by atoms with E-state index in [0.29, 0.717) is 12.0 Å². The Labute approximate surface area is 96.5 Å². The van der Waals surface area contributed by atoms with E-state index in [1.54, 1.807) is 0 Å². The lowest BCUT2D eigenvalue weighted by molar-refractivity contribution is 0.0103. The molecule has 1 saturated heterocycles. The topological polar surface area (TPSA) is 126 Å². The molecule has 8 nitrogen and oxygen atoms in total. The maximum atomic E-state index is 11.7. The third-order valence-corrected chi connectivity index (χ3v) is 2.62. The number of aromatic nitrogens is 2. The molecule has 2 heterocycles. The van der Waals surface area contributed by atoms with Crippen molar-refractivity contribution in [1.82, 2.24) is 9.97 Å². The van der Waals surface area contributed by atoms with Gasteiger partial charge in [0.15, 0.2) is 0 Å². The van der Waals surface area contributed by atoms with Crippen LogP contribution in [0.15, 0.2) is 21.3 Å². The molecule has 0 saturated carbocycles. The smallest absolute Gasteiger partial charge is 0.258 e. The van der Waals surface area contributed by atoms with Gasteiger partial charge in [-0.3, -0.25) is 9.78 Å². The Hall–Kier alpha value is -1.80. The molecule has 8 heteroatoms. The van der Waals surface area contributed by atoms with Crippen molar-refractivity contribution in [2.24, 2.45) is 16.2 Å². The van der Waals surface area contributed by atoms with Crippen LogP contribution in [0, 0.1) is 0 Å². The van der Waals surface area contributed by atoms with Gasteiger partial charge in [-0.15, -0.1) is 0 Å². The Morgan fingerprint density at radius 3 is 3.06 bits per heavy atom. The van der Waals surface area contributed by atoms with Crippen LogP contribution in [0.2, 0.25) is 0 Å². The molecule has 0 aromatic carbocycles. The molecule has 0 unspecified atom stereocenters. The number of aliphatic hydroxyl groups excluding tert-OH is 1. The average molecular weight is 239 g/mol. The molecule has 0 amide bonds. The van der Waals surface area contributed by atoms with Crippen LogP contribution in [0.1, 0.15) is 24.5 Å². The first kappa shape index (κ1) is 11.7. The highest BCUT2D eigenvalue weighted by molar-refractivity contribution is 5.18. The van der Waals surface area contributed by atoms with Crippen LogP contribution in [-0.4, -0.2) is 27.8 Å². The number of nitrogens with one attached hydrogen (secondary N) is 1. The summed E-state index contributed by atoms with van der Waals surface area (Å²) in [5.41, 5.74) is 0.0999. The molecule has 0 bridgehead atoms. The lowest BCUT2D eigenvalue weighted by atomic mass is 10.1. The van der Waals surface area contributed by atoms with Crippen molar-refractivity contribution < 1.29 is 9.84 Å². The van der Waals surface area contributed by atoms with Gasteiger partial charge in [-0.1, -0.05) is 10.3 Å². The summed E-state index contributed by atoms with van der Waals surface area (Å²) in [4.78, 5) is 18.0. The van der Waals surface area contributed by atoms with E-state index in [1.165, 1.54) is 6.20 Å². The fraction of sp³-hybridized carbons (Fsp3) is 0.556. The quantitative estimate of drug-likeness (QED) is 0.387. The number of ether oxygens (including phenoxy) is 1. The van der Waals surface area contributed by atoms with Crippen molar-refractivity contribution in [2.45, 2.75) is 25.0 Å². The Balaban J connectivity index is 2.20. The maximum absolute atomic E-state index is 11.7. The third kappa shape index (κ3) is 2.48. The minimum absolute atomic E-state index is 0.0404. The lowest BCUT2D eigenvalue weighted by Gasteiger charge is -2.10. The molecule has 2 rings (SSSR count). The first-order chi connectivity index (χ1) is 8.24. The summed E-state index contributed by atoms with van der Waals surface area (Å²) in [6.45, 7) is -0.0404. The summed E-state index contributed by atoms with van der Waals surface area (Å²) in [5, 5.41) is 15.4. The van der Waals surface area contributed by atoms with Gasteiger partial charge in [-0.05, 0) is 12.8 Å². The van der Waals surface area contributed by atoms with Crippen LogP contribution >= 0.6 is 0 Å². The van der Waals surface area contributed by atoms with Crippen molar-refractivity contribution in [3.05, 3.63) is 22.1 Å². The summed E-state index contributed by atoms with van der Waals surface area (Å²) >= 11 is 0. The second-order valence-electron chi connectivity index (χ2n) is 3.71. The molecule has 0 spiro atoms. The minimum atomic E-state index is -0.328. The van der Waals surface area contributed by atoms with Gasteiger partial charge in [0, 0.05) is 6.20 Å². The highest BCUT2D eigenvalue weighted by atomic mass is 16.5. The van der Waals surface area contributed by atoms with E-state index in [2.05, 4.69) is 20.3 Å². The molecule has 0 aliphatic carbocycles. The van der Waals surface area contributed by atoms with E-state index in [4.69, 9.17) is 15.7 Å². The van der Waals surface area contributed by atoms with E-state index < -0.39 is 0 Å². The monoisotopic (exact) mass is 239 g/mol. The van der Waals surface area contributed by atoms with Crippen LogP contribution in [0.4, 0.5) is 5.95 Å². The average Bonchev–Trinajstić information content (AvgIpc) is 2.78. The molecule has 1 aromatic rings. The van der Waals surface area contributed by atoms with Crippen molar-refractivity contribution in [2.75, 3.05) is 6.61 Å². The van der Waals surface area contributed by atoms with Gasteiger partial charge in [0.2, 0.25) is 0 Å². The summed E-state index contributed by atoms with van der Waals surface area (Å²) in [6.07, 6.45) is 2.28. The van der Waals surface area contributed by atoms with Gasteiger partial charge in [0.1, 0.15) is 0 Å². The van der Waals surface area contributed by atoms with Crippen molar-refractivity contribution in [3.8, 4) is 0 Å². The summed E-state index contributed by atoms with van der Waals surface area (Å²) in [7, 11) is 0. The molecule has 1 aliphatic heterocycles. The van der Waals surface area contributed by atoms with E-state index in [9.17, 15) is 4.79 Å². The van der Waals surface area contributed by atoms with Crippen molar-refractivity contribution >= 4 is 5.95 Å². The van der Waals surface area contributed by atoms with E-state index in [-0.39, 0.29) is 30.3 Å². The molecule has 4 N–H and O–H groups in total. The highest BCUT2D eigenvalue weighted by Crippen LogP contribution is 2.30. The molecular formula is C9H13N5O3. The maximum Gasteiger partial charge on any atom is 0.258 e. The molecular weight excluding hydrogens is 226 g/mol. The first-order valence-corrected chi connectivity index (χ1v) is 5.21. The SMILES string of the molecule is NN=Nc1ncc([C@H]2CC[C@@H](CO)O2)c(=O)[nH]1. The zero-order valence-corrected chi connectivity index (χ0v) is 9.04. The van der Waals surface area contributed by atoms with E-state index >= 15 is 0 Å². The predicted molar refractivity (Wildman–Crippen MR) is 57.5 cm³/mol. The second-order valence-corrected chi connectivity index (χ2v) is 3.71. The molecule has 1 fully saturated rings. The van der Waals surface area contributed by atoms with Gasteiger partial charge >= 0.3 is 0 Å². The fourth-order valence-corrected chi connectivity index (χ4v) is 1.80. The van der Waals surface area contributed by atoms with E-state index in [0.717, 1.165) is 6.42 Å². The Kier molecular flexibility index (Phi) is 3.45. The third-order valence-electron chi connectivity index (χ3n) is 2.62. The number of rotatable bonds is 3. The Morgan fingerprint density at radius 1 is 1.65 bits per heavy atom. The van der Waals surface area contributed by atoms with Crippen molar-refractivity contribution in [3.63, 3.8) is 0 Å². The van der Waals surface area contributed by atoms with Gasteiger partial charge < -0.3 is 15.7 Å². The fourth-order valence-electron chi connectivity index (χ4n) is 1.80. The molecule has 1 aromatic heterocycles. The van der Waals surface area contributed by atoms with Crippen LogP contribution in [0.3, 0.4) is 0 Å². The normalized spacial score (nSPS) is 24.5. The molecule has 2 atom stereocenters. The molecule has 1 aliphatic rings. The standard InChI is InChI=1S/C9H13N5O3/c10-14-13-9-11-3-6(8(16)12-9)7-2-1-5(4-15)17-7/h3,5,7,15H,1-2,4H2,(H3,10,11,12,13,16)/t5-,7+/m0/s1. The molecule has 92 valence electrons. The highest BCUT2D eigenvalue weighted by Gasteiger charge is 2.28. The number of nitrogens with two attached hydrogens (primary N) is 1. The van der Waals surface area contributed by atoms with Gasteiger partial charge in [-0.25, -0.2) is 4.98 Å². The van der Waals surface area contributed by atoms with Crippen LogP contribution in [0.5, 0.6) is 0 Å². The molecule has 17 heavy (non-hydrogen) atoms. The number of hydrogen-bond donors (Lipinski definition) is 3. The number of aliphatic hydroxyl groups is 1.